The molecule has 0 radical (unpaired) electrons. The Morgan fingerprint density at radius 1 is 0.837 bits per heavy atom. The third-order valence-electron chi connectivity index (χ3n) is 7.10. The summed E-state index contributed by atoms with van der Waals surface area (Å²) in [6, 6.07) is 22.2. The quantitative estimate of drug-likeness (QED) is 0.105. The lowest BCUT2D eigenvalue weighted by atomic mass is 10.0. The molecule has 0 aliphatic carbocycles. The summed E-state index contributed by atoms with van der Waals surface area (Å²) in [5, 5.41) is 8.92. The second kappa shape index (κ2) is 17.8. The summed E-state index contributed by atoms with van der Waals surface area (Å²) >= 11 is 1.39. The number of H-pyrrole nitrogens is 1. The normalized spacial score (nSPS) is 12.3. The van der Waals surface area contributed by atoms with E-state index in [-0.39, 0.29) is 31.5 Å². The van der Waals surface area contributed by atoms with Gasteiger partial charge in [-0.15, -0.1) is 0 Å². The van der Waals surface area contributed by atoms with E-state index in [4.69, 9.17) is 9.47 Å². The highest BCUT2D eigenvalue weighted by Crippen LogP contribution is 2.21. The minimum atomic E-state index is -1.02. The lowest BCUT2D eigenvalue weighted by Gasteiger charge is -2.25. The van der Waals surface area contributed by atoms with E-state index in [2.05, 4.69) is 30.9 Å². The molecule has 0 unspecified atom stereocenters. The fourth-order valence-electron chi connectivity index (χ4n) is 4.80. The molecule has 0 aliphatic rings. The molecule has 0 bridgehead atoms. The molecule has 13 heteroatoms. The van der Waals surface area contributed by atoms with Crippen LogP contribution < -0.4 is 16.0 Å². The molecule has 2 atom stereocenters. The number of rotatable bonds is 15. The average molecular weight is 687 g/mol. The Kier molecular flexibility index (Phi) is 13.3. The van der Waals surface area contributed by atoms with Gasteiger partial charge < -0.3 is 30.4 Å². The molecule has 0 aliphatic heterocycles. The molecule has 0 saturated carbocycles. The summed E-state index contributed by atoms with van der Waals surface area (Å²) in [6.07, 6.45) is 1.57. The van der Waals surface area contributed by atoms with Gasteiger partial charge in [-0.05, 0) is 44.0 Å². The van der Waals surface area contributed by atoms with Crippen LogP contribution in [0.3, 0.4) is 0 Å². The van der Waals surface area contributed by atoms with E-state index in [1.165, 1.54) is 18.9 Å². The van der Waals surface area contributed by atoms with Gasteiger partial charge in [-0.2, -0.15) is 0 Å². The monoisotopic (exact) mass is 686 g/mol. The number of aromatic nitrogens is 3. The Hall–Kier alpha value is -5.17. The van der Waals surface area contributed by atoms with Crippen LogP contribution in [0.2, 0.25) is 0 Å². The van der Waals surface area contributed by atoms with Crippen LogP contribution in [-0.2, 0) is 44.1 Å². The van der Waals surface area contributed by atoms with Gasteiger partial charge in [0.25, 0.3) is 0 Å². The van der Waals surface area contributed by atoms with Gasteiger partial charge in [0.15, 0.2) is 5.16 Å². The lowest BCUT2D eigenvalue weighted by molar-refractivity contribution is -0.130. The van der Waals surface area contributed by atoms with Crippen molar-refractivity contribution in [1.29, 1.82) is 0 Å². The van der Waals surface area contributed by atoms with E-state index in [1.807, 2.05) is 78.9 Å². The molecule has 4 N–H and O–H groups in total. The molecule has 0 saturated heterocycles. The standard InChI is InChI=1S/C36H42N6O6S/c1-36(2,3)48-35(46)41-29(22-25-15-9-6-10-16-25)32(44)39-28(21-24-13-7-5-8-14-24)31(43)38-20-18-27-30(33(45)47-4)42-34(40-27)49-23-26-17-11-12-19-37-26/h5-17,19,28-29H,18,20-23H2,1-4H3,(H,38,43)(H,39,44)(H,40,42)(H,41,46)/t28-,29-/m0/s1. The van der Waals surface area contributed by atoms with Gasteiger partial charge >= 0.3 is 12.1 Å². The number of pyridine rings is 1. The SMILES string of the molecule is COC(=O)c1[nH]c(SCc2ccccn2)nc1CCNC(=O)[C@H](Cc1ccccc1)NC(=O)[C@H](Cc1ccccc1)NC(=O)OC(C)(C)C. The van der Waals surface area contributed by atoms with Gasteiger partial charge in [-0.1, -0.05) is 78.5 Å². The van der Waals surface area contributed by atoms with Gasteiger partial charge in [0.1, 0.15) is 23.4 Å². The Bertz CT molecular complexity index is 1680. The maximum absolute atomic E-state index is 13.7. The number of imidazole rings is 1. The highest BCUT2D eigenvalue weighted by atomic mass is 32.2. The zero-order valence-corrected chi connectivity index (χ0v) is 28.8. The van der Waals surface area contributed by atoms with Gasteiger partial charge in [-0.3, -0.25) is 14.6 Å². The highest BCUT2D eigenvalue weighted by molar-refractivity contribution is 7.98. The van der Waals surface area contributed by atoms with Crippen molar-refractivity contribution in [3.05, 3.63) is 113 Å². The molecule has 0 fully saturated rings. The molecule has 2 heterocycles. The van der Waals surface area contributed by atoms with Crippen molar-refractivity contribution < 1.29 is 28.7 Å². The number of carbonyl (C=O) groups is 4. The molecular formula is C36H42N6O6S. The summed E-state index contributed by atoms with van der Waals surface area (Å²) in [4.78, 5) is 64.5. The number of esters is 1. The maximum atomic E-state index is 13.7. The topological polar surface area (TPSA) is 164 Å². The number of amides is 3. The molecule has 2 aromatic heterocycles. The zero-order chi connectivity index (χ0) is 35.2. The van der Waals surface area contributed by atoms with Crippen LogP contribution in [0.4, 0.5) is 4.79 Å². The lowest BCUT2D eigenvalue weighted by Crippen LogP contribution is -2.55. The fourth-order valence-corrected chi connectivity index (χ4v) is 5.60. The van der Waals surface area contributed by atoms with E-state index < -0.39 is 41.6 Å². The number of nitrogens with one attached hydrogen (secondary N) is 4. The van der Waals surface area contributed by atoms with Gasteiger partial charge in [0.05, 0.1) is 18.5 Å². The highest BCUT2D eigenvalue weighted by Gasteiger charge is 2.29. The van der Waals surface area contributed by atoms with Crippen molar-refractivity contribution in [1.82, 2.24) is 30.9 Å². The first-order valence-corrected chi connectivity index (χ1v) is 16.8. The summed E-state index contributed by atoms with van der Waals surface area (Å²) < 4.78 is 10.4. The summed E-state index contributed by atoms with van der Waals surface area (Å²) in [7, 11) is 1.29. The van der Waals surface area contributed by atoms with Crippen LogP contribution in [0.1, 0.15) is 53.8 Å². The summed E-state index contributed by atoms with van der Waals surface area (Å²) in [6.45, 7) is 5.33. The Labute approximate surface area is 290 Å². The van der Waals surface area contributed by atoms with Crippen LogP contribution in [0.15, 0.2) is 90.2 Å². The minimum Gasteiger partial charge on any atom is -0.464 e. The number of aromatic amines is 1. The van der Waals surface area contributed by atoms with E-state index in [1.54, 1.807) is 27.0 Å². The molecular weight excluding hydrogens is 644 g/mol. The van der Waals surface area contributed by atoms with Crippen molar-refractivity contribution in [3.63, 3.8) is 0 Å². The number of methoxy groups -OCH3 is 1. The number of ether oxygens (including phenoxy) is 2. The van der Waals surface area contributed by atoms with Crippen molar-refractivity contribution in [3.8, 4) is 0 Å². The Balaban J connectivity index is 1.46. The average Bonchev–Trinajstić information content (AvgIpc) is 3.49. The van der Waals surface area contributed by atoms with E-state index >= 15 is 0 Å². The van der Waals surface area contributed by atoms with Crippen molar-refractivity contribution in [2.45, 2.75) is 68.6 Å². The van der Waals surface area contributed by atoms with Crippen molar-refractivity contribution >= 4 is 35.6 Å². The second-order valence-corrected chi connectivity index (χ2v) is 13.1. The van der Waals surface area contributed by atoms with Crippen LogP contribution in [-0.4, -0.2) is 70.2 Å². The first-order chi connectivity index (χ1) is 23.5. The van der Waals surface area contributed by atoms with Crippen LogP contribution in [0.5, 0.6) is 0 Å². The van der Waals surface area contributed by atoms with Gasteiger partial charge in [0.2, 0.25) is 11.8 Å². The number of benzene rings is 2. The number of hydrogen-bond acceptors (Lipinski definition) is 9. The molecule has 4 aromatic rings. The largest absolute Gasteiger partial charge is 0.464 e. The fraction of sp³-hybridized carbons (Fsp3) is 0.333. The van der Waals surface area contributed by atoms with Crippen LogP contribution in [0, 0.1) is 0 Å². The summed E-state index contributed by atoms with van der Waals surface area (Å²) in [5.41, 5.74) is 2.37. The first kappa shape index (κ1) is 36.7. The van der Waals surface area contributed by atoms with Gasteiger partial charge in [0, 0.05) is 37.8 Å². The van der Waals surface area contributed by atoms with E-state index in [9.17, 15) is 19.2 Å². The zero-order valence-electron chi connectivity index (χ0n) is 28.0. The molecule has 4 rings (SSSR count). The number of carbonyl (C=O) groups excluding carboxylic acids is 4. The number of nitrogens with zero attached hydrogens (tertiary/aromatic N) is 2. The predicted octanol–water partition coefficient (Wildman–Crippen LogP) is 4.41. The van der Waals surface area contributed by atoms with Crippen LogP contribution in [0.25, 0.3) is 0 Å². The molecule has 3 amide bonds. The maximum Gasteiger partial charge on any atom is 0.408 e. The molecule has 12 nitrogen and oxygen atoms in total. The molecule has 0 spiro atoms. The smallest absolute Gasteiger partial charge is 0.408 e. The van der Waals surface area contributed by atoms with E-state index in [0.29, 0.717) is 16.6 Å². The predicted molar refractivity (Wildman–Crippen MR) is 186 cm³/mol. The molecule has 2 aromatic carbocycles. The van der Waals surface area contributed by atoms with Crippen molar-refractivity contribution in [2.75, 3.05) is 13.7 Å². The van der Waals surface area contributed by atoms with Crippen molar-refractivity contribution in [2.24, 2.45) is 0 Å². The minimum absolute atomic E-state index is 0.128. The van der Waals surface area contributed by atoms with E-state index in [0.717, 1.165) is 16.8 Å². The summed E-state index contributed by atoms with van der Waals surface area (Å²) in [5.74, 6) is -1.01. The number of hydrogen-bond donors (Lipinski definition) is 4. The number of alkyl carbamates (subject to hydrolysis) is 1. The Morgan fingerprint density at radius 3 is 2.02 bits per heavy atom. The number of thioether (sulfide) groups is 1. The first-order valence-electron chi connectivity index (χ1n) is 15.9. The van der Waals surface area contributed by atoms with Gasteiger partial charge in [-0.25, -0.2) is 14.6 Å². The third kappa shape index (κ3) is 12.1. The third-order valence-corrected chi connectivity index (χ3v) is 8.00. The van der Waals surface area contributed by atoms with Crippen LogP contribution >= 0.6 is 11.8 Å². The molecule has 258 valence electrons. The second-order valence-electron chi connectivity index (χ2n) is 12.1. The Morgan fingerprint density at radius 2 is 1.45 bits per heavy atom. The molecule has 49 heavy (non-hydrogen) atoms.